The van der Waals surface area contributed by atoms with Crippen LogP contribution in [0.1, 0.15) is 39.2 Å². The molecule has 2 N–H and O–H groups in total. The third kappa shape index (κ3) is 5.23. The Kier molecular flexibility index (Phi) is 4.78. The number of nitrogens with zero attached hydrogens (tertiary/aromatic N) is 2. The molecule has 1 atom stereocenters. The monoisotopic (exact) mass is 250 g/mol. The Balaban J connectivity index is 2.46. The van der Waals surface area contributed by atoms with E-state index in [4.69, 9.17) is 0 Å². The number of amides is 1. The van der Waals surface area contributed by atoms with Crippen molar-refractivity contribution in [2.45, 2.75) is 52.7 Å². The molecule has 0 saturated carbocycles. The second kappa shape index (κ2) is 5.91. The van der Waals surface area contributed by atoms with E-state index in [-0.39, 0.29) is 17.5 Å². The molecule has 1 aromatic rings. The Bertz CT molecular complexity index is 412. The molecule has 0 radical (unpaired) electrons. The quantitative estimate of drug-likeness (QED) is 0.842. The summed E-state index contributed by atoms with van der Waals surface area (Å²) in [7, 11) is 0. The van der Waals surface area contributed by atoms with E-state index < -0.39 is 0 Å². The summed E-state index contributed by atoms with van der Waals surface area (Å²) >= 11 is 0. The predicted octanol–water partition coefficient (Wildman–Crippen LogP) is 1.18. The summed E-state index contributed by atoms with van der Waals surface area (Å²) in [5, 5.41) is 6.08. The molecule has 0 aromatic carbocycles. The summed E-state index contributed by atoms with van der Waals surface area (Å²) < 4.78 is 0. The number of nitrogens with one attached hydrogen (secondary N) is 2. The van der Waals surface area contributed by atoms with Crippen molar-refractivity contribution in [3.63, 3.8) is 0 Å². The SMILES string of the molecule is Cc1nccc(CNC(C)C(=O)NC(C)(C)C)n1. The van der Waals surface area contributed by atoms with E-state index >= 15 is 0 Å². The van der Waals surface area contributed by atoms with Crippen molar-refractivity contribution in [3.05, 3.63) is 23.8 Å². The zero-order valence-corrected chi connectivity index (χ0v) is 11.7. The van der Waals surface area contributed by atoms with E-state index in [1.54, 1.807) is 6.20 Å². The topological polar surface area (TPSA) is 66.9 Å². The fraction of sp³-hybridized carbons (Fsp3) is 0.615. The first kappa shape index (κ1) is 14.6. The average Bonchev–Trinajstić information content (AvgIpc) is 2.23. The molecule has 5 nitrogen and oxygen atoms in total. The van der Waals surface area contributed by atoms with Gasteiger partial charge in [-0.3, -0.25) is 4.79 Å². The predicted molar refractivity (Wildman–Crippen MR) is 71.0 cm³/mol. The number of hydrogen-bond acceptors (Lipinski definition) is 4. The second-order valence-corrected chi connectivity index (χ2v) is 5.44. The number of rotatable bonds is 4. The molecule has 0 spiro atoms. The summed E-state index contributed by atoms with van der Waals surface area (Å²) in [6.07, 6.45) is 1.72. The maximum absolute atomic E-state index is 11.8. The van der Waals surface area contributed by atoms with Crippen molar-refractivity contribution in [1.29, 1.82) is 0 Å². The minimum Gasteiger partial charge on any atom is -0.350 e. The van der Waals surface area contributed by atoms with Gasteiger partial charge in [-0.15, -0.1) is 0 Å². The lowest BCUT2D eigenvalue weighted by molar-refractivity contribution is -0.124. The van der Waals surface area contributed by atoms with Crippen molar-refractivity contribution in [3.8, 4) is 0 Å². The van der Waals surface area contributed by atoms with Crippen molar-refractivity contribution in [1.82, 2.24) is 20.6 Å². The highest BCUT2D eigenvalue weighted by molar-refractivity contribution is 5.81. The Labute approximate surface area is 108 Å². The van der Waals surface area contributed by atoms with E-state index in [9.17, 15) is 4.79 Å². The van der Waals surface area contributed by atoms with Gasteiger partial charge in [0.1, 0.15) is 5.82 Å². The molecule has 18 heavy (non-hydrogen) atoms. The van der Waals surface area contributed by atoms with Crippen LogP contribution in [0.2, 0.25) is 0 Å². The first-order valence-electron chi connectivity index (χ1n) is 6.12. The molecule has 100 valence electrons. The van der Waals surface area contributed by atoms with Gasteiger partial charge in [0.25, 0.3) is 0 Å². The van der Waals surface area contributed by atoms with Gasteiger partial charge in [0.2, 0.25) is 5.91 Å². The summed E-state index contributed by atoms with van der Waals surface area (Å²) in [5.74, 6) is 0.731. The molecule has 1 rings (SSSR count). The fourth-order valence-electron chi connectivity index (χ4n) is 1.43. The maximum atomic E-state index is 11.8. The Morgan fingerprint density at radius 2 is 2.11 bits per heavy atom. The van der Waals surface area contributed by atoms with Crippen LogP contribution in [0.15, 0.2) is 12.3 Å². The number of aromatic nitrogens is 2. The molecular weight excluding hydrogens is 228 g/mol. The number of hydrogen-bond donors (Lipinski definition) is 2. The van der Waals surface area contributed by atoms with Gasteiger partial charge < -0.3 is 10.6 Å². The molecule has 1 amide bonds. The minimum absolute atomic E-state index is 0.00622. The molecule has 0 aliphatic heterocycles. The Hall–Kier alpha value is -1.49. The lowest BCUT2D eigenvalue weighted by atomic mass is 10.1. The largest absolute Gasteiger partial charge is 0.350 e. The summed E-state index contributed by atoms with van der Waals surface area (Å²) in [6.45, 7) is 10.1. The van der Waals surface area contributed by atoms with Gasteiger partial charge >= 0.3 is 0 Å². The van der Waals surface area contributed by atoms with Crippen LogP contribution < -0.4 is 10.6 Å². The Morgan fingerprint density at radius 1 is 1.44 bits per heavy atom. The van der Waals surface area contributed by atoms with Crippen molar-refractivity contribution < 1.29 is 4.79 Å². The van der Waals surface area contributed by atoms with Gasteiger partial charge in [0.15, 0.2) is 0 Å². The number of carbonyl (C=O) groups excluding carboxylic acids is 1. The highest BCUT2D eigenvalue weighted by Gasteiger charge is 2.18. The van der Waals surface area contributed by atoms with Gasteiger partial charge in [-0.05, 0) is 40.7 Å². The first-order chi connectivity index (χ1) is 8.28. The van der Waals surface area contributed by atoms with Crippen LogP contribution in [0, 0.1) is 6.92 Å². The maximum Gasteiger partial charge on any atom is 0.237 e. The molecule has 0 aliphatic carbocycles. The van der Waals surface area contributed by atoms with E-state index in [0.29, 0.717) is 6.54 Å². The third-order valence-electron chi connectivity index (χ3n) is 2.31. The molecule has 1 heterocycles. The standard InChI is InChI=1S/C13H22N4O/c1-9(12(18)17-13(3,4)5)15-8-11-6-7-14-10(2)16-11/h6-7,9,15H,8H2,1-5H3,(H,17,18). The van der Waals surface area contributed by atoms with Crippen molar-refractivity contribution in [2.24, 2.45) is 0 Å². The minimum atomic E-state index is -0.250. The number of aryl methyl sites for hydroxylation is 1. The van der Waals surface area contributed by atoms with Gasteiger partial charge in [0, 0.05) is 18.3 Å². The summed E-state index contributed by atoms with van der Waals surface area (Å²) in [6, 6.07) is 1.59. The van der Waals surface area contributed by atoms with Crippen LogP contribution in [0.25, 0.3) is 0 Å². The highest BCUT2D eigenvalue weighted by Crippen LogP contribution is 2.00. The molecule has 0 bridgehead atoms. The van der Waals surface area contributed by atoms with Gasteiger partial charge in [-0.2, -0.15) is 0 Å². The lowest BCUT2D eigenvalue weighted by Crippen LogP contribution is -2.49. The fourth-order valence-corrected chi connectivity index (χ4v) is 1.43. The van der Waals surface area contributed by atoms with E-state index in [0.717, 1.165) is 11.5 Å². The summed E-state index contributed by atoms with van der Waals surface area (Å²) in [5.41, 5.74) is 0.677. The van der Waals surface area contributed by atoms with E-state index in [1.165, 1.54) is 0 Å². The number of carbonyl (C=O) groups is 1. The zero-order valence-electron chi connectivity index (χ0n) is 11.7. The van der Waals surface area contributed by atoms with Crippen molar-refractivity contribution >= 4 is 5.91 Å². The van der Waals surface area contributed by atoms with Crippen molar-refractivity contribution in [2.75, 3.05) is 0 Å². The van der Waals surface area contributed by atoms with Gasteiger partial charge in [0.05, 0.1) is 11.7 Å². The third-order valence-corrected chi connectivity index (χ3v) is 2.31. The normalized spacial score (nSPS) is 13.2. The van der Waals surface area contributed by atoms with E-state index in [2.05, 4.69) is 20.6 Å². The smallest absolute Gasteiger partial charge is 0.237 e. The van der Waals surface area contributed by atoms with Crippen LogP contribution in [0.5, 0.6) is 0 Å². The lowest BCUT2D eigenvalue weighted by Gasteiger charge is -2.23. The Morgan fingerprint density at radius 3 is 2.67 bits per heavy atom. The molecule has 0 saturated heterocycles. The van der Waals surface area contributed by atoms with Crippen LogP contribution in [-0.4, -0.2) is 27.5 Å². The van der Waals surface area contributed by atoms with E-state index in [1.807, 2.05) is 40.7 Å². The molecule has 1 aromatic heterocycles. The first-order valence-corrected chi connectivity index (χ1v) is 6.12. The molecule has 0 fully saturated rings. The molecule has 5 heteroatoms. The van der Waals surface area contributed by atoms with Gasteiger partial charge in [-0.25, -0.2) is 9.97 Å². The summed E-state index contributed by atoms with van der Waals surface area (Å²) in [4.78, 5) is 20.1. The molecular formula is C13H22N4O. The van der Waals surface area contributed by atoms with Crippen LogP contribution in [0.3, 0.4) is 0 Å². The average molecular weight is 250 g/mol. The van der Waals surface area contributed by atoms with Crippen LogP contribution >= 0.6 is 0 Å². The molecule has 1 unspecified atom stereocenters. The molecule has 0 aliphatic rings. The highest BCUT2D eigenvalue weighted by atomic mass is 16.2. The van der Waals surface area contributed by atoms with Crippen LogP contribution in [-0.2, 0) is 11.3 Å². The van der Waals surface area contributed by atoms with Gasteiger partial charge in [-0.1, -0.05) is 0 Å². The second-order valence-electron chi connectivity index (χ2n) is 5.44. The van der Waals surface area contributed by atoms with Crippen LogP contribution in [0.4, 0.5) is 0 Å². The zero-order chi connectivity index (χ0) is 13.8.